The van der Waals surface area contributed by atoms with Crippen molar-refractivity contribution in [2.75, 3.05) is 46.2 Å². The van der Waals surface area contributed by atoms with Crippen molar-refractivity contribution in [1.29, 1.82) is 0 Å². The lowest BCUT2D eigenvalue weighted by Crippen LogP contribution is -2.50. The summed E-state index contributed by atoms with van der Waals surface area (Å²) in [5.41, 5.74) is 5.33. The van der Waals surface area contributed by atoms with Gasteiger partial charge in [-0.1, -0.05) is 25.2 Å². The van der Waals surface area contributed by atoms with E-state index in [1.807, 2.05) is 62.0 Å². The van der Waals surface area contributed by atoms with Crippen LogP contribution in [-0.2, 0) is 9.59 Å². The van der Waals surface area contributed by atoms with Crippen molar-refractivity contribution >= 4 is 53.9 Å². The maximum Gasteiger partial charge on any atom is 0.253 e. The average molecular weight is 595 g/mol. The number of nitrogens with one attached hydrogen (secondary N) is 1. The minimum atomic E-state index is -2.26. The molecule has 3 aliphatic rings. The Morgan fingerprint density at radius 3 is 2.28 bits per heavy atom. The van der Waals surface area contributed by atoms with E-state index in [2.05, 4.69) is 30.6 Å². The number of allylic oxidation sites excluding steroid dienone is 5. The molecule has 0 bridgehead atoms. The monoisotopic (exact) mass is 594 g/mol. The van der Waals surface area contributed by atoms with E-state index in [0.29, 0.717) is 5.56 Å². The van der Waals surface area contributed by atoms with E-state index < -0.39 is 31.8 Å². The topological polar surface area (TPSA) is 113 Å². The Hall–Kier alpha value is -4.83. The van der Waals surface area contributed by atoms with Crippen LogP contribution >= 0.6 is 0 Å². The average Bonchev–Trinajstić information content (AvgIpc) is 3.29. The number of rotatable bonds is 7. The molecule has 2 aliphatic heterocycles. The smallest absolute Gasteiger partial charge is 0.253 e. The fourth-order valence-electron chi connectivity index (χ4n) is 5.78. The third kappa shape index (κ3) is 5.30. The van der Waals surface area contributed by atoms with Gasteiger partial charge in [0.1, 0.15) is 22.2 Å². The van der Waals surface area contributed by atoms with Crippen molar-refractivity contribution in [3.05, 3.63) is 99.8 Å². The Kier molecular flexibility index (Phi) is 7.66. The number of carboxylic acids is 1. The minimum Gasteiger partial charge on any atom is -0.545 e. The Bertz CT molecular complexity index is 1740. The van der Waals surface area contributed by atoms with Crippen molar-refractivity contribution < 1.29 is 28.9 Å². The van der Waals surface area contributed by atoms with Crippen LogP contribution in [0.5, 0.6) is 0 Å². The first-order chi connectivity index (χ1) is 20.3. The van der Waals surface area contributed by atoms with Crippen molar-refractivity contribution in [1.82, 2.24) is 10.2 Å². The molecule has 2 heterocycles. The van der Waals surface area contributed by atoms with Gasteiger partial charge in [0, 0.05) is 68.3 Å². The van der Waals surface area contributed by atoms with Crippen LogP contribution in [0, 0.1) is 0 Å². The molecule has 0 aromatic heterocycles. The minimum absolute atomic E-state index is 0.0162. The first kappa shape index (κ1) is 29.7. The highest BCUT2D eigenvalue weighted by atomic mass is 28.3. The summed E-state index contributed by atoms with van der Waals surface area (Å²) in [7, 11) is 5.70. The number of anilines is 1. The summed E-state index contributed by atoms with van der Waals surface area (Å²) in [6.45, 7) is 4.68. The molecule has 3 amide bonds. The molecule has 0 unspecified atom stereocenters. The van der Waals surface area contributed by atoms with Gasteiger partial charge in [0.25, 0.3) is 17.7 Å². The van der Waals surface area contributed by atoms with Gasteiger partial charge >= 0.3 is 0 Å². The van der Waals surface area contributed by atoms with Crippen LogP contribution in [0.3, 0.4) is 0 Å². The van der Waals surface area contributed by atoms with Gasteiger partial charge in [-0.25, -0.2) is 4.58 Å². The number of fused-ring (bicyclic) bond motifs is 2. The van der Waals surface area contributed by atoms with Crippen LogP contribution in [0.2, 0.25) is 13.1 Å². The van der Waals surface area contributed by atoms with Crippen LogP contribution in [0.1, 0.15) is 31.8 Å². The predicted octanol–water partition coefficient (Wildman–Crippen LogP) is 1.25. The third-order valence-corrected chi connectivity index (χ3v) is 11.7. The molecule has 2 aromatic carbocycles. The second-order valence-corrected chi connectivity index (χ2v) is 16.0. The molecule has 0 atom stereocenters. The molecule has 10 heteroatoms. The van der Waals surface area contributed by atoms with E-state index in [-0.39, 0.29) is 24.2 Å². The number of benzene rings is 2. The summed E-state index contributed by atoms with van der Waals surface area (Å²) >= 11 is 0. The number of hydrogen-bond acceptors (Lipinski definition) is 6. The summed E-state index contributed by atoms with van der Waals surface area (Å²) in [4.78, 5) is 52.5. The molecule has 43 heavy (non-hydrogen) atoms. The number of carbonyl (C=O) groups excluding carboxylic acids is 4. The third-order valence-electron chi connectivity index (χ3n) is 8.22. The van der Waals surface area contributed by atoms with E-state index in [0.717, 1.165) is 33.0 Å². The molecule has 2 aromatic rings. The van der Waals surface area contributed by atoms with E-state index in [1.54, 1.807) is 6.07 Å². The highest BCUT2D eigenvalue weighted by molar-refractivity contribution is 6.98. The number of carbonyl (C=O) groups is 4. The van der Waals surface area contributed by atoms with Crippen molar-refractivity contribution in [3.8, 4) is 0 Å². The summed E-state index contributed by atoms with van der Waals surface area (Å²) in [5, 5.41) is 17.5. The van der Waals surface area contributed by atoms with Crippen molar-refractivity contribution in [3.63, 3.8) is 0 Å². The van der Waals surface area contributed by atoms with Crippen LogP contribution < -0.4 is 20.5 Å². The largest absolute Gasteiger partial charge is 0.545 e. The fraction of sp³-hybridized carbons (Fsp3) is 0.242. The first-order valence-electron chi connectivity index (χ1n) is 14.0. The fourth-order valence-corrected chi connectivity index (χ4v) is 8.85. The lowest BCUT2D eigenvalue weighted by atomic mass is 9.86. The van der Waals surface area contributed by atoms with Crippen LogP contribution in [-0.4, -0.2) is 88.2 Å². The summed E-state index contributed by atoms with van der Waals surface area (Å²) in [6.07, 6.45) is 8.64. The van der Waals surface area contributed by atoms with Gasteiger partial charge in [-0.3, -0.25) is 19.3 Å². The Morgan fingerprint density at radius 2 is 1.65 bits per heavy atom. The zero-order chi connectivity index (χ0) is 31.2. The van der Waals surface area contributed by atoms with Gasteiger partial charge < -0.3 is 20.1 Å². The predicted molar refractivity (Wildman–Crippen MR) is 167 cm³/mol. The molecule has 220 valence electrons. The molecule has 1 aliphatic carbocycles. The number of carboxylic acid groups (broad SMARTS) is 1. The van der Waals surface area contributed by atoms with E-state index in [9.17, 15) is 24.3 Å². The standard InChI is InChI=1S/C33H34N4O5Si/c1-35(2)21-8-11-24-27(18-21)43(5,6)28-19-22(36(3)4)9-12-25(28)31(24)26-17-20(7-10-23(26)33(41)42)32(40)34-15-16-37-29(38)13-14-30(37)39/h7-14,17-19H,15-16H2,1-6H3,(H-,34,40,41,42). The van der Waals surface area contributed by atoms with E-state index in [4.69, 9.17) is 0 Å². The maximum absolute atomic E-state index is 13.2. The number of aromatic carboxylic acids is 1. The Labute approximate surface area is 251 Å². The normalized spacial score (nSPS) is 16.7. The SMILES string of the molecule is CN(C)c1ccc2c(c1)[Si](C)(C)C1=CC(=[N+](C)C)C=CC1=C2c1cc(C(=O)NCCN2C(=O)C=CC2=O)ccc1C(=O)[O-]. The lowest BCUT2D eigenvalue weighted by molar-refractivity contribution is -0.462. The number of amides is 3. The van der Waals surface area contributed by atoms with Crippen LogP contribution in [0.25, 0.3) is 5.57 Å². The van der Waals surface area contributed by atoms with Gasteiger partial charge in [-0.2, -0.15) is 0 Å². The first-order valence-corrected chi connectivity index (χ1v) is 17.0. The molecule has 0 fully saturated rings. The number of hydrogen-bond donors (Lipinski definition) is 1. The zero-order valence-electron chi connectivity index (χ0n) is 25.1. The molecule has 1 N–H and O–H groups in total. The molecular weight excluding hydrogens is 560 g/mol. The second-order valence-electron chi connectivity index (χ2n) is 11.7. The molecule has 9 nitrogen and oxygen atoms in total. The van der Waals surface area contributed by atoms with Gasteiger partial charge in [0.05, 0.1) is 5.97 Å². The molecule has 0 saturated carbocycles. The van der Waals surface area contributed by atoms with Crippen molar-refractivity contribution in [2.24, 2.45) is 0 Å². The van der Waals surface area contributed by atoms with Crippen molar-refractivity contribution in [2.45, 2.75) is 13.1 Å². The summed E-state index contributed by atoms with van der Waals surface area (Å²) in [6, 6.07) is 10.7. The molecular formula is C33H34N4O5Si. The summed E-state index contributed by atoms with van der Waals surface area (Å²) < 4.78 is 2.05. The lowest BCUT2D eigenvalue weighted by Gasteiger charge is -2.38. The molecule has 0 radical (unpaired) electrons. The number of nitrogens with zero attached hydrogens (tertiary/aromatic N) is 3. The number of imide groups is 1. The summed E-state index contributed by atoms with van der Waals surface area (Å²) in [5.74, 6) is -2.64. The molecule has 5 rings (SSSR count). The van der Waals surface area contributed by atoms with Crippen LogP contribution in [0.4, 0.5) is 5.69 Å². The van der Waals surface area contributed by atoms with Gasteiger partial charge in [-0.05, 0) is 63.0 Å². The van der Waals surface area contributed by atoms with E-state index in [1.165, 1.54) is 34.7 Å². The van der Waals surface area contributed by atoms with E-state index >= 15 is 0 Å². The van der Waals surface area contributed by atoms with Gasteiger partial charge in [-0.15, -0.1) is 0 Å². The molecule has 0 saturated heterocycles. The Morgan fingerprint density at radius 1 is 0.953 bits per heavy atom. The molecule has 0 spiro atoms. The highest BCUT2D eigenvalue weighted by Crippen LogP contribution is 2.42. The second kappa shape index (κ2) is 11.1. The maximum atomic E-state index is 13.2. The van der Waals surface area contributed by atoms with Gasteiger partial charge in [0.2, 0.25) is 0 Å². The van der Waals surface area contributed by atoms with Gasteiger partial charge in [0.15, 0.2) is 5.71 Å². The highest BCUT2D eigenvalue weighted by Gasteiger charge is 2.41. The quantitative estimate of drug-likeness (QED) is 0.294. The Balaban J connectivity index is 1.64. The van der Waals surface area contributed by atoms with Crippen LogP contribution in [0.15, 0.2) is 77.5 Å². The zero-order valence-corrected chi connectivity index (χ0v) is 26.1.